The van der Waals surface area contributed by atoms with Gasteiger partial charge >= 0.3 is 0 Å². The molecule has 2 N–H and O–H groups in total. The summed E-state index contributed by atoms with van der Waals surface area (Å²) < 4.78 is 22.2. The number of amides is 2. The molecule has 0 aromatic carbocycles. The van der Waals surface area contributed by atoms with Crippen molar-refractivity contribution >= 4 is 33.0 Å². The minimum atomic E-state index is -3.22. The summed E-state index contributed by atoms with van der Waals surface area (Å²) in [5.74, 6) is -1.14. The lowest BCUT2D eigenvalue weighted by Gasteiger charge is -2.20. The second-order valence-electron chi connectivity index (χ2n) is 6.46. The van der Waals surface area contributed by atoms with Gasteiger partial charge in [-0.05, 0) is 12.8 Å². The molecule has 0 radical (unpaired) electrons. The Hall–Kier alpha value is -1.52. The summed E-state index contributed by atoms with van der Waals surface area (Å²) in [4.78, 5) is 30.0. The number of thiazole rings is 1. The van der Waals surface area contributed by atoms with Gasteiger partial charge in [-0.3, -0.25) is 9.59 Å². The largest absolute Gasteiger partial charge is 0.391 e. The molecule has 1 aromatic rings. The fourth-order valence-electron chi connectivity index (χ4n) is 2.88. The standard InChI is InChI=1S/C15H23N3O5S2/c1-18(7-11-8-24-9-16-11)15(21)10-5-12(13(19)6-10)17-14(20)3-4-25(2,22)23/h8-10,12-13,19H,3-7H2,1-2H3,(H,17,20)/t10-,12+,13+/m0/s1. The molecular formula is C15H23N3O5S2. The monoisotopic (exact) mass is 389 g/mol. The molecule has 2 amide bonds. The maximum Gasteiger partial charge on any atom is 0.225 e. The number of hydrogen-bond acceptors (Lipinski definition) is 7. The van der Waals surface area contributed by atoms with E-state index in [1.807, 2.05) is 5.38 Å². The fourth-order valence-corrected chi connectivity index (χ4v) is 3.98. The number of aliphatic hydroxyl groups excluding tert-OH is 1. The molecule has 1 aromatic heterocycles. The lowest BCUT2D eigenvalue weighted by atomic mass is 10.1. The highest BCUT2D eigenvalue weighted by Gasteiger charge is 2.38. The summed E-state index contributed by atoms with van der Waals surface area (Å²) in [5, 5.41) is 14.6. The fraction of sp³-hybridized carbons (Fsp3) is 0.667. The molecule has 25 heavy (non-hydrogen) atoms. The van der Waals surface area contributed by atoms with Gasteiger partial charge in [0, 0.05) is 31.0 Å². The zero-order valence-electron chi connectivity index (χ0n) is 14.2. The van der Waals surface area contributed by atoms with Gasteiger partial charge in [-0.15, -0.1) is 11.3 Å². The van der Waals surface area contributed by atoms with E-state index >= 15 is 0 Å². The lowest BCUT2D eigenvalue weighted by Crippen LogP contribution is -2.40. The Morgan fingerprint density at radius 2 is 2.16 bits per heavy atom. The van der Waals surface area contributed by atoms with Crippen LogP contribution in [0.4, 0.5) is 0 Å². The third kappa shape index (κ3) is 6.05. The van der Waals surface area contributed by atoms with Crippen LogP contribution in [-0.4, -0.2) is 66.4 Å². The van der Waals surface area contributed by atoms with Gasteiger partial charge in [-0.1, -0.05) is 0 Å². The van der Waals surface area contributed by atoms with Crippen molar-refractivity contribution in [2.45, 2.75) is 38.0 Å². The minimum absolute atomic E-state index is 0.0973. The summed E-state index contributed by atoms with van der Waals surface area (Å²) in [6.45, 7) is 0.403. The predicted octanol–water partition coefficient (Wildman–Crippen LogP) is -0.208. The van der Waals surface area contributed by atoms with E-state index in [0.717, 1.165) is 11.9 Å². The minimum Gasteiger partial charge on any atom is -0.391 e. The van der Waals surface area contributed by atoms with Crippen LogP contribution >= 0.6 is 11.3 Å². The van der Waals surface area contributed by atoms with Gasteiger partial charge < -0.3 is 15.3 Å². The number of hydrogen-bond donors (Lipinski definition) is 2. The summed E-state index contributed by atoms with van der Waals surface area (Å²) in [6.07, 6.45) is 0.717. The quantitative estimate of drug-likeness (QED) is 0.667. The Morgan fingerprint density at radius 3 is 2.76 bits per heavy atom. The van der Waals surface area contributed by atoms with E-state index in [4.69, 9.17) is 0 Å². The van der Waals surface area contributed by atoms with Crippen molar-refractivity contribution in [3.05, 3.63) is 16.6 Å². The smallest absolute Gasteiger partial charge is 0.225 e. The molecule has 0 unspecified atom stereocenters. The van der Waals surface area contributed by atoms with Gasteiger partial charge in [-0.25, -0.2) is 13.4 Å². The van der Waals surface area contributed by atoms with Crippen LogP contribution < -0.4 is 5.32 Å². The average molecular weight is 389 g/mol. The molecule has 3 atom stereocenters. The number of nitrogens with zero attached hydrogens (tertiary/aromatic N) is 2. The van der Waals surface area contributed by atoms with Crippen LogP contribution in [0, 0.1) is 5.92 Å². The molecule has 0 saturated heterocycles. The van der Waals surface area contributed by atoms with E-state index in [-0.39, 0.29) is 30.4 Å². The molecule has 1 aliphatic rings. The van der Waals surface area contributed by atoms with Crippen molar-refractivity contribution in [3.63, 3.8) is 0 Å². The van der Waals surface area contributed by atoms with Crippen LogP contribution in [-0.2, 0) is 26.0 Å². The number of nitrogens with one attached hydrogen (secondary N) is 1. The predicted molar refractivity (Wildman–Crippen MR) is 93.6 cm³/mol. The van der Waals surface area contributed by atoms with Gasteiger partial charge in [0.25, 0.3) is 0 Å². The highest BCUT2D eigenvalue weighted by atomic mass is 32.2. The Morgan fingerprint density at radius 1 is 1.44 bits per heavy atom. The average Bonchev–Trinajstić information content (AvgIpc) is 3.14. The molecule has 8 nitrogen and oxygen atoms in total. The molecular weight excluding hydrogens is 366 g/mol. The molecule has 0 spiro atoms. The van der Waals surface area contributed by atoms with Crippen molar-refractivity contribution in [1.82, 2.24) is 15.2 Å². The Labute approximate surface area is 151 Å². The van der Waals surface area contributed by atoms with Gasteiger partial charge in [0.05, 0.1) is 35.6 Å². The third-order valence-electron chi connectivity index (χ3n) is 4.18. The molecule has 10 heteroatoms. The van der Waals surface area contributed by atoms with Crippen LogP contribution in [0.5, 0.6) is 0 Å². The van der Waals surface area contributed by atoms with E-state index in [1.165, 1.54) is 11.3 Å². The van der Waals surface area contributed by atoms with Gasteiger partial charge in [0.15, 0.2) is 0 Å². The number of aromatic nitrogens is 1. The molecule has 1 aliphatic carbocycles. The van der Waals surface area contributed by atoms with Crippen molar-refractivity contribution in [3.8, 4) is 0 Å². The first kappa shape index (κ1) is 19.8. The highest BCUT2D eigenvalue weighted by molar-refractivity contribution is 7.90. The van der Waals surface area contributed by atoms with Crippen molar-refractivity contribution in [2.24, 2.45) is 5.92 Å². The van der Waals surface area contributed by atoms with E-state index in [1.54, 1.807) is 17.5 Å². The van der Waals surface area contributed by atoms with Gasteiger partial charge in [-0.2, -0.15) is 0 Å². The molecule has 1 saturated carbocycles. The number of sulfone groups is 1. The maximum atomic E-state index is 12.5. The van der Waals surface area contributed by atoms with Crippen LogP contribution in [0.25, 0.3) is 0 Å². The SMILES string of the molecule is CN(Cc1cscn1)C(=O)[C@@H]1C[C@@H](O)[C@H](NC(=O)CCS(C)(=O)=O)C1. The van der Waals surface area contributed by atoms with E-state index in [0.29, 0.717) is 13.0 Å². The Kier molecular flexibility index (Phi) is 6.53. The van der Waals surface area contributed by atoms with Crippen molar-refractivity contribution in [2.75, 3.05) is 19.1 Å². The molecule has 0 bridgehead atoms. The molecule has 140 valence electrons. The van der Waals surface area contributed by atoms with Gasteiger partial charge in [0.1, 0.15) is 9.84 Å². The van der Waals surface area contributed by atoms with Crippen LogP contribution in [0.15, 0.2) is 10.9 Å². The molecule has 0 aliphatic heterocycles. The van der Waals surface area contributed by atoms with E-state index in [2.05, 4.69) is 10.3 Å². The zero-order chi connectivity index (χ0) is 18.6. The topological polar surface area (TPSA) is 117 Å². The van der Waals surface area contributed by atoms with Crippen LogP contribution in [0.3, 0.4) is 0 Å². The number of rotatable bonds is 7. The first-order chi connectivity index (χ1) is 11.7. The normalized spacial score (nSPS) is 23.4. The highest BCUT2D eigenvalue weighted by Crippen LogP contribution is 2.28. The van der Waals surface area contributed by atoms with E-state index < -0.39 is 27.9 Å². The number of carbonyl (C=O) groups is 2. The second-order valence-corrected chi connectivity index (χ2v) is 9.44. The summed E-state index contributed by atoms with van der Waals surface area (Å²) in [5.41, 5.74) is 2.51. The Balaban J connectivity index is 1.85. The third-order valence-corrected chi connectivity index (χ3v) is 5.76. The van der Waals surface area contributed by atoms with Gasteiger partial charge in [0.2, 0.25) is 11.8 Å². The maximum absolute atomic E-state index is 12.5. The Bertz CT molecular complexity index is 705. The summed E-state index contributed by atoms with van der Waals surface area (Å²) in [6, 6.07) is -0.534. The first-order valence-electron chi connectivity index (χ1n) is 7.93. The van der Waals surface area contributed by atoms with E-state index in [9.17, 15) is 23.1 Å². The van der Waals surface area contributed by atoms with Crippen molar-refractivity contribution in [1.29, 1.82) is 0 Å². The van der Waals surface area contributed by atoms with Crippen LogP contribution in [0.2, 0.25) is 0 Å². The summed E-state index contributed by atoms with van der Waals surface area (Å²) in [7, 11) is -1.53. The molecule has 1 fully saturated rings. The number of carbonyl (C=O) groups excluding carboxylic acids is 2. The summed E-state index contributed by atoms with van der Waals surface area (Å²) >= 11 is 1.46. The lowest BCUT2D eigenvalue weighted by molar-refractivity contribution is -0.135. The first-order valence-corrected chi connectivity index (χ1v) is 10.9. The zero-order valence-corrected chi connectivity index (χ0v) is 15.8. The molecule has 1 heterocycles. The number of aliphatic hydroxyl groups is 1. The van der Waals surface area contributed by atoms with Crippen LogP contribution in [0.1, 0.15) is 25.0 Å². The molecule has 2 rings (SSSR count). The van der Waals surface area contributed by atoms with Crippen molar-refractivity contribution < 1.29 is 23.1 Å². The second kappa shape index (κ2) is 8.24.